The molecule has 3 heterocycles. The number of para-hydroxylation sites is 1. The van der Waals surface area contributed by atoms with Crippen LogP contribution in [0.2, 0.25) is 0 Å². The molecule has 0 radical (unpaired) electrons. The number of hydrogen-bond acceptors (Lipinski definition) is 11. The number of imidazole rings is 1. The third kappa shape index (κ3) is 6.31. The number of esters is 1. The van der Waals surface area contributed by atoms with Crippen LogP contribution in [-0.4, -0.2) is 74.0 Å². The minimum Gasteiger partial charge on any atom is -0.462 e. The van der Waals surface area contributed by atoms with Gasteiger partial charge in [-0.1, -0.05) is 18.2 Å². The third-order valence-electron chi connectivity index (χ3n) is 6.07. The van der Waals surface area contributed by atoms with Gasteiger partial charge in [0.15, 0.2) is 35.0 Å². The molecule has 17 heteroatoms. The summed E-state index contributed by atoms with van der Waals surface area (Å²) >= 11 is 0. The molecule has 0 amide bonds. The van der Waals surface area contributed by atoms with Crippen LogP contribution in [0.3, 0.4) is 0 Å². The molecule has 224 valence electrons. The summed E-state index contributed by atoms with van der Waals surface area (Å²) in [6, 6.07) is 6.41. The average molecular weight is 603 g/mol. The highest BCUT2D eigenvalue weighted by molar-refractivity contribution is 7.52. The lowest BCUT2D eigenvalue weighted by molar-refractivity contribution is -0.202. The maximum atomic E-state index is 16.1. The van der Waals surface area contributed by atoms with Gasteiger partial charge < -0.3 is 24.4 Å². The van der Waals surface area contributed by atoms with Crippen molar-refractivity contribution in [1.29, 1.82) is 0 Å². The van der Waals surface area contributed by atoms with Gasteiger partial charge in [0.05, 0.1) is 12.4 Å². The van der Waals surface area contributed by atoms with E-state index in [1.165, 1.54) is 26.1 Å². The first kappa shape index (κ1) is 30.7. The van der Waals surface area contributed by atoms with Gasteiger partial charge in [-0.2, -0.15) is 19.4 Å². The van der Waals surface area contributed by atoms with E-state index in [2.05, 4.69) is 25.4 Å². The van der Waals surface area contributed by atoms with Gasteiger partial charge in [0, 0.05) is 7.05 Å². The first-order valence-corrected chi connectivity index (χ1v) is 14.0. The largest absolute Gasteiger partial charge is 0.462 e. The van der Waals surface area contributed by atoms with Crippen LogP contribution in [0, 0.1) is 6.08 Å². The number of carbonyl (C=O) groups excluding carboxylic acids is 1. The van der Waals surface area contributed by atoms with Gasteiger partial charge in [-0.15, -0.1) is 0 Å². The van der Waals surface area contributed by atoms with Crippen LogP contribution in [-0.2, 0) is 23.4 Å². The Kier molecular flexibility index (Phi) is 8.62. The minimum atomic E-state index is -4.60. The highest BCUT2D eigenvalue weighted by atomic mass is 31.2. The molecule has 0 spiro atoms. The fourth-order valence-electron chi connectivity index (χ4n) is 4.11. The molecule has 41 heavy (non-hydrogen) atoms. The summed E-state index contributed by atoms with van der Waals surface area (Å²) < 4.78 is 81.8. The second kappa shape index (κ2) is 11.5. The molecule has 4 rings (SSSR count). The van der Waals surface area contributed by atoms with Crippen LogP contribution in [0.4, 0.5) is 19.0 Å². The summed E-state index contributed by atoms with van der Waals surface area (Å²) in [5.74, 6) is -4.09. The number of anilines is 1. The van der Waals surface area contributed by atoms with E-state index in [4.69, 9.17) is 18.5 Å². The molecule has 1 unspecified atom stereocenters. The van der Waals surface area contributed by atoms with Gasteiger partial charge in [-0.25, -0.2) is 18.3 Å². The molecular weight excluding hydrogens is 572 g/mol. The van der Waals surface area contributed by atoms with Crippen molar-refractivity contribution >= 4 is 30.7 Å². The summed E-state index contributed by atoms with van der Waals surface area (Å²) in [5, 5.41) is 15.7. The molecule has 1 aromatic carbocycles. The normalized spacial score (nSPS) is 26.6. The van der Waals surface area contributed by atoms with Gasteiger partial charge in [-0.05, 0) is 39.8 Å². The molecule has 0 bridgehead atoms. The average Bonchev–Trinajstić information content (AvgIpc) is 3.39. The Balaban J connectivity index is 1.61. The molecule has 0 aliphatic carbocycles. The summed E-state index contributed by atoms with van der Waals surface area (Å²) in [4.78, 5) is 23.5. The first-order chi connectivity index (χ1) is 19.2. The van der Waals surface area contributed by atoms with E-state index >= 15 is 8.78 Å². The number of nitrogens with one attached hydrogen (secondary N) is 2. The van der Waals surface area contributed by atoms with Crippen molar-refractivity contribution in [1.82, 2.24) is 24.6 Å². The van der Waals surface area contributed by atoms with Crippen molar-refractivity contribution in [3.8, 4) is 5.75 Å². The number of rotatable bonds is 11. The second-order valence-electron chi connectivity index (χ2n) is 9.74. The van der Waals surface area contributed by atoms with E-state index in [9.17, 15) is 18.9 Å². The number of nitrogens with zero attached hydrogens (tertiary/aromatic N) is 4. The summed E-state index contributed by atoms with van der Waals surface area (Å²) in [7, 11) is -3.15. The maximum absolute atomic E-state index is 16.1. The molecule has 1 aliphatic heterocycles. The minimum absolute atomic E-state index is 0.0182. The number of halogens is 3. The summed E-state index contributed by atoms with van der Waals surface area (Å²) in [6.07, 6.45) is -5.06. The molecular formula is C24H30F3N6O7P. The van der Waals surface area contributed by atoms with Crippen molar-refractivity contribution in [3.63, 3.8) is 0 Å². The molecule has 2 aromatic heterocycles. The van der Waals surface area contributed by atoms with Crippen molar-refractivity contribution in [2.45, 2.75) is 63.7 Å². The number of ether oxygens (including phenoxy) is 2. The Morgan fingerprint density at radius 3 is 2.56 bits per heavy atom. The monoisotopic (exact) mass is 602 g/mol. The predicted octanol–water partition coefficient (Wildman–Crippen LogP) is 3.42. The Morgan fingerprint density at radius 1 is 1.24 bits per heavy atom. The highest BCUT2D eigenvalue weighted by Crippen LogP contribution is 2.52. The fourth-order valence-corrected chi connectivity index (χ4v) is 5.61. The number of carbonyl (C=O) groups is 1. The second-order valence-corrected chi connectivity index (χ2v) is 11.4. The van der Waals surface area contributed by atoms with Crippen LogP contribution in [0.5, 0.6) is 5.75 Å². The molecule has 3 N–H and O–H groups in total. The lowest BCUT2D eigenvalue weighted by Gasteiger charge is -2.28. The SMILES string of the molecule is CNc1nc(F)nc2c1ncn2[C@@H]1O[C@](F)(CO[P@@](=O)(N[C@@H](C)C(=O)OC(C)C)Oc2ccccc2)C(O)[C@@]1(C)F. The zero-order valence-electron chi connectivity index (χ0n) is 22.7. The number of aliphatic hydroxyl groups is 1. The molecule has 1 aliphatic rings. The van der Waals surface area contributed by atoms with Crippen molar-refractivity contribution < 1.29 is 46.2 Å². The van der Waals surface area contributed by atoms with E-state index in [1.807, 2.05) is 0 Å². The lowest BCUT2D eigenvalue weighted by Crippen LogP contribution is -2.47. The number of alkyl halides is 2. The molecule has 6 atom stereocenters. The molecule has 0 saturated carbocycles. The molecule has 3 aromatic rings. The van der Waals surface area contributed by atoms with Crippen LogP contribution < -0.4 is 14.9 Å². The van der Waals surface area contributed by atoms with E-state index < -0.39 is 62.4 Å². The number of aliphatic hydroxyl groups excluding tert-OH is 1. The van der Waals surface area contributed by atoms with E-state index in [1.54, 1.807) is 32.0 Å². The van der Waals surface area contributed by atoms with Crippen molar-refractivity contribution in [2.75, 3.05) is 19.0 Å². The molecule has 1 fully saturated rings. The number of hydrogen-bond donors (Lipinski definition) is 3. The van der Waals surface area contributed by atoms with Crippen LogP contribution in [0.1, 0.15) is 33.9 Å². The molecule has 13 nitrogen and oxygen atoms in total. The Hall–Kier alpha value is -3.30. The fraction of sp³-hybridized carbons (Fsp3) is 0.500. The number of aromatic nitrogens is 4. The lowest BCUT2D eigenvalue weighted by atomic mass is 9.97. The molecule has 1 saturated heterocycles. The van der Waals surface area contributed by atoms with Gasteiger partial charge in [0.1, 0.15) is 18.4 Å². The Morgan fingerprint density at radius 2 is 1.93 bits per heavy atom. The highest BCUT2D eigenvalue weighted by Gasteiger charge is 2.65. The zero-order chi connectivity index (χ0) is 30.2. The van der Waals surface area contributed by atoms with Crippen molar-refractivity contribution in [2.24, 2.45) is 0 Å². The van der Waals surface area contributed by atoms with Crippen molar-refractivity contribution in [3.05, 3.63) is 42.7 Å². The van der Waals surface area contributed by atoms with E-state index in [0.29, 0.717) is 0 Å². The smallest absolute Gasteiger partial charge is 0.459 e. The van der Waals surface area contributed by atoms with Gasteiger partial charge in [0.2, 0.25) is 0 Å². The summed E-state index contributed by atoms with van der Waals surface area (Å²) in [5.41, 5.74) is -3.06. The zero-order valence-corrected chi connectivity index (χ0v) is 23.6. The van der Waals surface area contributed by atoms with E-state index in [-0.39, 0.29) is 22.7 Å². The maximum Gasteiger partial charge on any atom is 0.459 e. The quantitative estimate of drug-likeness (QED) is 0.167. The third-order valence-corrected chi connectivity index (χ3v) is 7.70. The van der Waals surface area contributed by atoms with Crippen LogP contribution in [0.15, 0.2) is 36.7 Å². The topological polar surface area (TPSA) is 159 Å². The standard InChI is InChI=1S/C24H30F3N6O7P/c1-13(2)38-19(34)14(3)32-41(36,40-15-9-7-6-8-10-15)37-11-24(27)20(35)23(4,26)21(39-24)33-12-29-16-17(28-5)30-22(25)31-18(16)33/h6-10,12-14,20-21,35H,11H2,1-5H3,(H,32,36)(H,28,30,31)/t14-,20?,21+,23+,24+,41-/m0/s1. The van der Waals surface area contributed by atoms with Gasteiger partial charge in [-0.3, -0.25) is 13.9 Å². The van der Waals surface area contributed by atoms with Gasteiger partial charge >= 0.3 is 19.8 Å². The van der Waals surface area contributed by atoms with E-state index in [0.717, 1.165) is 17.8 Å². The summed E-state index contributed by atoms with van der Waals surface area (Å²) in [6.45, 7) is 4.08. The Labute approximate surface area is 233 Å². The number of benzene rings is 1. The predicted molar refractivity (Wildman–Crippen MR) is 139 cm³/mol. The Bertz CT molecular complexity index is 1450. The van der Waals surface area contributed by atoms with Gasteiger partial charge in [0.25, 0.3) is 5.85 Å². The van der Waals surface area contributed by atoms with Crippen LogP contribution >= 0.6 is 7.75 Å². The number of fused-ring (bicyclic) bond motifs is 1. The first-order valence-electron chi connectivity index (χ1n) is 12.5. The van der Waals surface area contributed by atoms with Crippen LogP contribution in [0.25, 0.3) is 11.2 Å².